The molecule has 0 spiro atoms. The van der Waals surface area contributed by atoms with Crippen molar-refractivity contribution in [1.29, 1.82) is 0 Å². The first kappa shape index (κ1) is 24.5. The monoisotopic (exact) mass is 434 g/mol. The van der Waals surface area contributed by atoms with Gasteiger partial charge < -0.3 is 19.3 Å². The first-order valence-electron chi connectivity index (χ1n) is 12.2. The average molecular weight is 435 g/mol. The summed E-state index contributed by atoms with van der Waals surface area (Å²) < 4.78 is 17.0. The van der Waals surface area contributed by atoms with Crippen LogP contribution in [0.25, 0.3) is 0 Å². The molecule has 7 atom stereocenters. The lowest BCUT2D eigenvalue weighted by molar-refractivity contribution is -0.301. The Bertz CT molecular complexity index is 667. The van der Waals surface area contributed by atoms with Crippen molar-refractivity contribution in [3.05, 3.63) is 23.8 Å². The molecule has 1 saturated heterocycles. The Morgan fingerprint density at radius 1 is 1.23 bits per heavy atom. The van der Waals surface area contributed by atoms with Gasteiger partial charge in [-0.1, -0.05) is 44.9 Å². The molecule has 1 heterocycles. The summed E-state index contributed by atoms with van der Waals surface area (Å²) in [6.07, 6.45) is 13.7. The molecule has 31 heavy (non-hydrogen) atoms. The number of carbonyl (C=O) groups is 1. The van der Waals surface area contributed by atoms with Gasteiger partial charge in [0.05, 0.1) is 31.8 Å². The van der Waals surface area contributed by atoms with E-state index >= 15 is 0 Å². The van der Waals surface area contributed by atoms with Crippen molar-refractivity contribution in [3.63, 3.8) is 0 Å². The predicted molar refractivity (Wildman–Crippen MR) is 121 cm³/mol. The predicted octanol–water partition coefficient (Wildman–Crippen LogP) is 5.18. The molecule has 0 radical (unpaired) electrons. The van der Waals surface area contributed by atoms with Gasteiger partial charge in [0, 0.05) is 12.3 Å². The molecule has 0 amide bonds. The van der Waals surface area contributed by atoms with Gasteiger partial charge in [0.2, 0.25) is 0 Å². The number of hydrogen-bond donors (Lipinski definition) is 1. The Balaban J connectivity index is 1.70. The van der Waals surface area contributed by atoms with Gasteiger partial charge >= 0.3 is 5.97 Å². The highest BCUT2D eigenvalue weighted by Gasteiger charge is 2.42. The fraction of sp³-hybridized carbons (Fsp3) is 0.808. The fourth-order valence-electron chi connectivity index (χ4n) is 5.96. The molecule has 176 valence electrons. The number of hydrogen-bond acceptors (Lipinski definition) is 5. The van der Waals surface area contributed by atoms with Crippen molar-refractivity contribution in [2.45, 2.75) is 103 Å². The largest absolute Gasteiger partial charge is 0.469 e. The highest BCUT2D eigenvalue weighted by molar-refractivity contribution is 5.69. The highest BCUT2D eigenvalue weighted by atomic mass is 16.7. The number of unbranched alkanes of at least 4 members (excludes halogenated alkanes) is 1. The van der Waals surface area contributed by atoms with Crippen LogP contribution in [0.15, 0.2) is 23.8 Å². The Kier molecular flexibility index (Phi) is 8.39. The van der Waals surface area contributed by atoms with E-state index < -0.39 is 5.79 Å². The molecule has 0 unspecified atom stereocenters. The second-order valence-corrected chi connectivity index (χ2v) is 10.2. The van der Waals surface area contributed by atoms with Crippen LogP contribution in [0.2, 0.25) is 0 Å². The van der Waals surface area contributed by atoms with Gasteiger partial charge in [0.15, 0.2) is 5.79 Å². The lowest BCUT2D eigenvalue weighted by Crippen LogP contribution is -2.46. The van der Waals surface area contributed by atoms with E-state index in [1.807, 2.05) is 13.8 Å². The number of aliphatic hydroxyl groups is 1. The Hall–Kier alpha value is -1.17. The molecule has 0 aromatic heterocycles. The quantitative estimate of drug-likeness (QED) is 0.534. The number of ether oxygens (including phenoxy) is 3. The molecule has 3 aliphatic rings. The molecule has 5 nitrogen and oxygen atoms in total. The number of carbonyl (C=O) groups excluding carboxylic acids is 1. The minimum atomic E-state index is -0.707. The zero-order chi connectivity index (χ0) is 22.6. The fourth-order valence-corrected chi connectivity index (χ4v) is 5.96. The molecule has 5 heteroatoms. The van der Waals surface area contributed by atoms with Crippen LogP contribution in [-0.4, -0.2) is 42.3 Å². The van der Waals surface area contributed by atoms with Crippen molar-refractivity contribution >= 4 is 5.97 Å². The summed E-state index contributed by atoms with van der Waals surface area (Å²) in [4.78, 5) is 11.8. The van der Waals surface area contributed by atoms with Crippen LogP contribution in [0.5, 0.6) is 0 Å². The van der Waals surface area contributed by atoms with E-state index in [1.165, 1.54) is 31.9 Å². The third-order valence-corrected chi connectivity index (χ3v) is 7.47. The summed E-state index contributed by atoms with van der Waals surface area (Å²) in [6, 6.07) is 0. The molecule has 1 N–H and O–H groups in total. The number of allylic oxidation sites excluding steroid dienone is 2. The SMILES string of the molecule is CCCC[C@@H]1C=C2C=CC[C@H](O)[C@@H]2[C@@H](CC[C@@H]2C[C@H](CC(=O)OC)OC(C)(C)O2)[C@H]1C. The molecule has 2 aliphatic carbocycles. The topological polar surface area (TPSA) is 65.0 Å². The van der Waals surface area contributed by atoms with Crippen molar-refractivity contribution in [1.82, 2.24) is 0 Å². The van der Waals surface area contributed by atoms with Crippen molar-refractivity contribution in [3.8, 4) is 0 Å². The van der Waals surface area contributed by atoms with Gasteiger partial charge in [0.25, 0.3) is 0 Å². The smallest absolute Gasteiger partial charge is 0.308 e. The molecule has 0 aromatic carbocycles. The molecule has 0 aromatic rings. The van der Waals surface area contributed by atoms with Crippen LogP contribution in [0, 0.1) is 23.7 Å². The van der Waals surface area contributed by atoms with E-state index in [9.17, 15) is 9.90 Å². The van der Waals surface area contributed by atoms with Crippen LogP contribution in [0.3, 0.4) is 0 Å². The standard InChI is InChI=1S/C26H42O5/c1-6-7-9-18-14-19-10-8-11-23(27)25(19)22(17(18)2)13-12-20-15-21(16-24(28)29-5)31-26(3,4)30-20/h8,10,14,17-18,20-23,25,27H,6-7,9,11-13,15-16H2,1-5H3/t17-,18+,20+,21+,22-,23-,25-/m0/s1. The third-order valence-electron chi connectivity index (χ3n) is 7.47. The highest BCUT2D eigenvalue weighted by Crippen LogP contribution is 2.47. The van der Waals surface area contributed by atoms with Crippen LogP contribution < -0.4 is 0 Å². The average Bonchev–Trinajstić information content (AvgIpc) is 2.70. The molecule has 0 saturated carbocycles. The summed E-state index contributed by atoms with van der Waals surface area (Å²) in [5, 5.41) is 10.8. The van der Waals surface area contributed by atoms with E-state index in [0.29, 0.717) is 24.2 Å². The molecule has 1 fully saturated rings. The van der Waals surface area contributed by atoms with Crippen molar-refractivity contribution in [2.24, 2.45) is 23.7 Å². The number of rotatable bonds is 8. The minimum absolute atomic E-state index is 0.0466. The Morgan fingerprint density at radius 2 is 1.97 bits per heavy atom. The van der Waals surface area contributed by atoms with Gasteiger partial charge in [-0.2, -0.15) is 0 Å². The molecule has 1 aliphatic heterocycles. The van der Waals surface area contributed by atoms with Crippen LogP contribution in [0.1, 0.15) is 79.1 Å². The zero-order valence-corrected chi connectivity index (χ0v) is 20.0. The first-order valence-corrected chi connectivity index (χ1v) is 12.2. The maximum Gasteiger partial charge on any atom is 0.308 e. The Morgan fingerprint density at radius 3 is 2.68 bits per heavy atom. The summed E-state index contributed by atoms with van der Waals surface area (Å²) in [5.41, 5.74) is 1.33. The molecular formula is C26H42O5. The second kappa shape index (κ2) is 10.6. The first-order chi connectivity index (χ1) is 14.7. The summed E-state index contributed by atoms with van der Waals surface area (Å²) in [6.45, 7) is 8.46. The zero-order valence-electron chi connectivity index (χ0n) is 20.0. The molecule has 0 bridgehead atoms. The number of fused-ring (bicyclic) bond motifs is 1. The van der Waals surface area contributed by atoms with Gasteiger partial charge in [0.1, 0.15) is 0 Å². The number of methoxy groups -OCH3 is 1. The number of aliphatic hydroxyl groups excluding tert-OH is 1. The normalized spacial score (nSPS) is 37.1. The lowest BCUT2D eigenvalue weighted by atomic mass is 9.62. The third kappa shape index (κ3) is 6.21. The van der Waals surface area contributed by atoms with Crippen molar-refractivity contribution in [2.75, 3.05) is 7.11 Å². The van der Waals surface area contributed by atoms with Crippen LogP contribution in [-0.2, 0) is 19.0 Å². The van der Waals surface area contributed by atoms with Gasteiger partial charge in [-0.05, 0) is 62.9 Å². The summed E-state index contributed by atoms with van der Waals surface area (Å²) in [5.74, 6) is 0.826. The summed E-state index contributed by atoms with van der Waals surface area (Å²) >= 11 is 0. The Labute approximate surface area is 188 Å². The van der Waals surface area contributed by atoms with Crippen molar-refractivity contribution < 1.29 is 24.1 Å². The van der Waals surface area contributed by atoms with Crippen LogP contribution in [0.4, 0.5) is 0 Å². The minimum Gasteiger partial charge on any atom is -0.469 e. The summed E-state index contributed by atoms with van der Waals surface area (Å²) in [7, 11) is 1.42. The lowest BCUT2D eigenvalue weighted by Gasteiger charge is -2.45. The van der Waals surface area contributed by atoms with Crippen LogP contribution >= 0.6 is 0 Å². The van der Waals surface area contributed by atoms with E-state index in [0.717, 1.165) is 19.3 Å². The number of esters is 1. The van der Waals surface area contributed by atoms with Gasteiger partial charge in [-0.3, -0.25) is 4.79 Å². The van der Waals surface area contributed by atoms with E-state index in [-0.39, 0.29) is 36.6 Å². The second-order valence-electron chi connectivity index (χ2n) is 10.2. The maximum absolute atomic E-state index is 11.8. The van der Waals surface area contributed by atoms with Gasteiger partial charge in [-0.15, -0.1) is 0 Å². The molecular weight excluding hydrogens is 392 g/mol. The van der Waals surface area contributed by atoms with E-state index in [2.05, 4.69) is 32.1 Å². The molecule has 3 rings (SSSR count). The van der Waals surface area contributed by atoms with E-state index in [4.69, 9.17) is 14.2 Å². The van der Waals surface area contributed by atoms with Gasteiger partial charge in [-0.25, -0.2) is 0 Å². The van der Waals surface area contributed by atoms with E-state index in [1.54, 1.807) is 0 Å². The maximum atomic E-state index is 11.8.